The molecule has 2 aromatic carbocycles. The van der Waals surface area contributed by atoms with Crippen LogP contribution in [0, 0.1) is 3.57 Å². The lowest BCUT2D eigenvalue weighted by molar-refractivity contribution is 0.102. The number of rotatable bonds is 2. The monoisotopic (exact) mass is 409 g/mol. The number of hydrogen-bond acceptors (Lipinski definition) is 3. The maximum Gasteiger partial charge on any atom is 0.257 e. The van der Waals surface area contributed by atoms with Gasteiger partial charge in [0.15, 0.2) is 0 Å². The number of benzene rings is 2. The van der Waals surface area contributed by atoms with Crippen molar-refractivity contribution in [2.45, 2.75) is 0 Å². The standard InChI is InChI=1S/C15H9ClIN3O/c16-11-8-9(17)4-5-12(11)20-15(21)10-2-1-3-13-14(10)19-7-6-18-13/h1-8H,(H,20,21). The number of halogens is 2. The fraction of sp³-hybridized carbons (Fsp3) is 0. The highest BCUT2D eigenvalue weighted by Crippen LogP contribution is 2.25. The summed E-state index contributed by atoms with van der Waals surface area (Å²) in [6, 6.07) is 10.8. The van der Waals surface area contributed by atoms with E-state index in [-0.39, 0.29) is 5.91 Å². The predicted molar refractivity (Wildman–Crippen MR) is 91.7 cm³/mol. The number of nitrogens with zero attached hydrogens (tertiary/aromatic N) is 2. The SMILES string of the molecule is O=C(Nc1ccc(I)cc1Cl)c1cccc2nccnc12. The second-order valence-electron chi connectivity index (χ2n) is 4.31. The normalized spacial score (nSPS) is 10.6. The van der Waals surface area contributed by atoms with E-state index in [0.29, 0.717) is 27.3 Å². The number of carbonyl (C=O) groups is 1. The van der Waals surface area contributed by atoms with Crippen molar-refractivity contribution < 1.29 is 4.79 Å². The Kier molecular flexibility index (Phi) is 4.03. The Hall–Kier alpha value is -1.73. The Morgan fingerprint density at radius 1 is 1.14 bits per heavy atom. The summed E-state index contributed by atoms with van der Waals surface area (Å²) in [5.74, 6) is -0.260. The van der Waals surface area contributed by atoms with Crippen LogP contribution in [0.2, 0.25) is 5.02 Å². The highest BCUT2D eigenvalue weighted by atomic mass is 127. The van der Waals surface area contributed by atoms with Gasteiger partial charge >= 0.3 is 0 Å². The van der Waals surface area contributed by atoms with Crippen LogP contribution >= 0.6 is 34.2 Å². The number of carbonyl (C=O) groups excluding carboxylic acids is 1. The van der Waals surface area contributed by atoms with Gasteiger partial charge in [-0.3, -0.25) is 14.8 Å². The molecule has 0 aliphatic carbocycles. The van der Waals surface area contributed by atoms with E-state index in [9.17, 15) is 4.79 Å². The molecule has 104 valence electrons. The minimum Gasteiger partial charge on any atom is -0.321 e. The quantitative estimate of drug-likeness (QED) is 0.647. The third kappa shape index (κ3) is 2.98. The minimum atomic E-state index is -0.260. The summed E-state index contributed by atoms with van der Waals surface area (Å²) in [6.07, 6.45) is 3.16. The van der Waals surface area contributed by atoms with Crippen LogP contribution in [-0.2, 0) is 0 Å². The van der Waals surface area contributed by atoms with Crippen LogP contribution in [0.4, 0.5) is 5.69 Å². The molecule has 0 radical (unpaired) electrons. The van der Waals surface area contributed by atoms with E-state index in [0.717, 1.165) is 3.57 Å². The molecule has 0 saturated carbocycles. The van der Waals surface area contributed by atoms with Crippen molar-refractivity contribution in [3.05, 3.63) is 62.9 Å². The number of nitrogens with one attached hydrogen (secondary N) is 1. The number of aromatic nitrogens is 2. The molecule has 4 nitrogen and oxygen atoms in total. The fourth-order valence-electron chi connectivity index (χ4n) is 1.96. The Bertz CT molecular complexity index is 833. The summed E-state index contributed by atoms with van der Waals surface area (Å²) in [4.78, 5) is 20.8. The lowest BCUT2D eigenvalue weighted by Crippen LogP contribution is -2.13. The summed E-state index contributed by atoms with van der Waals surface area (Å²) >= 11 is 8.30. The number of fused-ring (bicyclic) bond motifs is 1. The zero-order valence-electron chi connectivity index (χ0n) is 10.7. The van der Waals surface area contributed by atoms with E-state index in [1.165, 1.54) is 0 Å². The summed E-state index contributed by atoms with van der Waals surface area (Å²) in [5.41, 5.74) is 2.29. The lowest BCUT2D eigenvalue weighted by Gasteiger charge is -2.09. The molecule has 1 aromatic heterocycles. The molecular weight excluding hydrogens is 401 g/mol. The molecule has 6 heteroatoms. The Morgan fingerprint density at radius 3 is 2.76 bits per heavy atom. The van der Waals surface area contributed by atoms with Gasteiger partial charge in [0.2, 0.25) is 0 Å². The molecule has 0 atom stereocenters. The molecule has 3 rings (SSSR count). The van der Waals surface area contributed by atoms with Crippen LogP contribution in [0.25, 0.3) is 11.0 Å². The van der Waals surface area contributed by atoms with Crippen molar-refractivity contribution in [1.29, 1.82) is 0 Å². The largest absolute Gasteiger partial charge is 0.321 e. The van der Waals surface area contributed by atoms with E-state index in [1.807, 2.05) is 12.1 Å². The van der Waals surface area contributed by atoms with E-state index in [2.05, 4.69) is 37.9 Å². The zero-order chi connectivity index (χ0) is 14.8. The van der Waals surface area contributed by atoms with E-state index in [4.69, 9.17) is 11.6 Å². The predicted octanol–water partition coefficient (Wildman–Crippen LogP) is 4.14. The summed E-state index contributed by atoms with van der Waals surface area (Å²) in [7, 11) is 0. The summed E-state index contributed by atoms with van der Waals surface area (Å²) < 4.78 is 1.01. The van der Waals surface area contributed by atoms with Crippen LogP contribution in [0.5, 0.6) is 0 Å². The molecule has 0 saturated heterocycles. The van der Waals surface area contributed by atoms with E-state index >= 15 is 0 Å². The average molecular weight is 410 g/mol. The second-order valence-corrected chi connectivity index (χ2v) is 5.96. The molecule has 3 aromatic rings. The molecule has 0 unspecified atom stereocenters. The van der Waals surface area contributed by atoms with Crippen molar-refractivity contribution in [3.8, 4) is 0 Å². The van der Waals surface area contributed by atoms with Gasteiger partial charge in [-0.25, -0.2) is 0 Å². The summed E-state index contributed by atoms with van der Waals surface area (Å²) in [5, 5.41) is 3.31. The van der Waals surface area contributed by atoms with Crippen molar-refractivity contribution in [1.82, 2.24) is 9.97 Å². The van der Waals surface area contributed by atoms with E-state index < -0.39 is 0 Å². The van der Waals surface area contributed by atoms with Crippen LogP contribution in [-0.4, -0.2) is 15.9 Å². The average Bonchev–Trinajstić information content (AvgIpc) is 2.49. The van der Waals surface area contributed by atoms with Crippen LogP contribution < -0.4 is 5.32 Å². The first-order valence-electron chi connectivity index (χ1n) is 6.11. The first kappa shape index (κ1) is 14.2. The third-order valence-electron chi connectivity index (χ3n) is 2.92. The van der Waals surface area contributed by atoms with Gasteiger partial charge < -0.3 is 5.32 Å². The van der Waals surface area contributed by atoms with Crippen LogP contribution in [0.15, 0.2) is 48.8 Å². The van der Waals surface area contributed by atoms with E-state index in [1.54, 1.807) is 36.7 Å². The second kappa shape index (κ2) is 5.95. The molecule has 0 aliphatic rings. The summed E-state index contributed by atoms with van der Waals surface area (Å²) in [6.45, 7) is 0. The maximum atomic E-state index is 12.4. The molecule has 1 amide bonds. The third-order valence-corrected chi connectivity index (χ3v) is 3.91. The molecule has 0 fully saturated rings. The number of anilines is 1. The zero-order valence-corrected chi connectivity index (χ0v) is 13.6. The Labute approximate surface area is 139 Å². The van der Waals surface area contributed by atoms with Gasteiger partial charge in [0.05, 0.1) is 21.8 Å². The highest BCUT2D eigenvalue weighted by Gasteiger charge is 2.13. The van der Waals surface area contributed by atoms with Gasteiger partial charge in [0.25, 0.3) is 5.91 Å². The molecule has 0 aliphatic heterocycles. The smallest absolute Gasteiger partial charge is 0.257 e. The number of hydrogen-bond donors (Lipinski definition) is 1. The first-order chi connectivity index (χ1) is 10.1. The molecule has 1 heterocycles. The molecule has 0 bridgehead atoms. The number of amides is 1. The Balaban J connectivity index is 1.97. The molecular formula is C15H9ClIN3O. The molecule has 1 N–H and O–H groups in total. The van der Waals surface area contributed by atoms with Crippen molar-refractivity contribution in [2.24, 2.45) is 0 Å². The van der Waals surface area contributed by atoms with Crippen molar-refractivity contribution in [2.75, 3.05) is 5.32 Å². The van der Waals surface area contributed by atoms with Crippen LogP contribution in [0.3, 0.4) is 0 Å². The fourth-order valence-corrected chi connectivity index (χ4v) is 2.86. The lowest BCUT2D eigenvalue weighted by atomic mass is 10.1. The minimum absolute atomic E-state index is 0.260. The van der Waals surface area contributed by atoms with Gasteiger partial charge in [-0.15, -0.1) is 0 Å². The van der Waals surface area contributed by atoms with Gasteiger partial charge in [0, 0.05) is 16.0 Å². The van der Waals surface area contributed by atoms with Crippen molar-refractivity contribution >= 4 is 56.8 Å². The molecule has 0 spiro atoms. The Morgan fingerprint density at radius 2 is 1.95 bits per heavy atom. The number of para-hydroxylation sites is 1. The van der Waals surface area contributed by atoms with Gasteiger partial charge in [-0.05, 0) is 52.9 Å². The highest BCUT2D eigenvalue weighted by molar-refractivity contribution is 14.1. The van der Waals surface area contributed by atoms with Crippen molar-refractivity contribution in [3.63, 3.8) is 0 Å². The molecule has 21 heavy (non-hydrogen) atoms. The van der Waals surface area contributed by atoms with Gasteiger partial charge in [0.1, 0.15) is 5.52 Å². The van der Waals surface area contributed by atoms with Gasteiger partial charge in [-0.2, -0.15) is 0 Å². The maximum absolute atomic E-state index is 12.4. The topological polar surface area (TPSA) is 54.9 Å². The van der Waals surface area contributed by atoms with Gasteiger partial charge in [-0.1, -0.05) is 17.7 Å². The first-order valence-corrected chi connectivity index (χ1v) is 7.57. The van der Waals surface area contributed by atoms with Crippen LogP contribution in [0.1, 0.15) is 10.4 Å².